The quantitative estimate of drug-likeness (QED) is 0.232. The summed E-state index contributed by atoms with van der Waals surface area (Å²) >= 11 is 0. The molecule has 0 bridgehead atoms. The van der Waals surface area contributed by atoms with Crippen LogP contribution in [0.1, 0.15) is 56.6 Å². The summed E-state index contributed by atoms with van der Waals surface area (Å²) < 4.78 is 44.4. The molecule has 0 fully saturated rings. The van der Waals surface area contributed by atoms with Crippen LogP contribution < -0.4 is 0 Å². The van der Waals surface area contributed by atoms with E-state index in [1.807, 2.05) is 12.1 Å². The fraction of sp³-hybridized carbons (Fsp3) is 0.290. The number of allylic oxidation sites excluding steroid dienone is 3. The molecular weight excluding hydrogens is 429 g/mol. The van der Waals surface area contributed by atoms with Crippen LogP contribution in [0.3, 0.4) is 0 Å². The zero-order valence-corrected chi connectivity index (χ0v) is 19.7. The zero-order valence-electron chi connectivity index (χ0n) is 19.7. The van der Waals surface area contributed by atoms with Gasteiger partial charge in [-0.2, -0.15) is 0 Å². The summed E-state index contributed by atoms with van der Waals surface area (Å²) in [4.78, 5) is 0. The first-order valence-corrected chi connectivity index (χ1v) is 12.2. The molecule has 0 aliphatic heterocycles. The molecule has 0 nitrogen and oxygen atoms in total. The lowest BCUT2D eigenvalue weighted by Gasteiger charge is -2.19. The number of benzene rings is 3. The van der Waals surface area contributed by atoms with Crippen LogP contribution in [0.5, 0.6) is 0 Å². The predicted octanol–water partition coefficient (Wildman–Crippen LogP) is 9.54. The van der Waals surface area contributed by atoms with Crippen LogP contribution in [0.15, 0.2) is 73.3 Å². The maximum Gasteiger partial charge on any atom is 0.166 e. The maximum absolute atomic E-state index is 15.0. The van der Waals surface area contributed by atoms with Gasteiger partial charge < -0.3 is 0 Å². The second kappa shape index (κ2) is 10.9. The summed E-state index contributed by atoms with van der Waals surface area (Å²) in [6, 6.07) is 15.6. The van der Waals surface area contributed by atoms with E-state index in [4.69, 9.17) is 0 Å². The fourth-order valence-electron chi connectivity index (χ4n) is 4.62. The van der Waals surface area contributed by atoms with Crippen molar-refractivity contribution in [1.82, 2.24) is 0 Å². The molecule has 0 saturated carbocycles. The predicted molar refractivity (Wildman–Crippen MR) is 136 cm³/mol. The Bertz CT molecular complexity index is 1190. The molecule has 0 heterocycles. The van der Waals surface area contributed by atoms with Gasteiger partial charge in [0.05, 0.1) is 0 Å². The third kappa shape index (κ3) is 5.35. The van der Waals surface area contributed by atoms with Gasteiger partial charge in [-0.15, -0.1) is 6.58 Å². The van der Waals surface area contributed by atoms with E-state index < -0.39 is 11.6 Å². The second-order valence-electron chi connectivity index (χ2n) is 9.32. The van der Waals surface area contributed by atoms with Crippen molar-refractivity contribution in [3.05, 3.63) is 102 Å². The van der Waals surface area contributed by atoms with Crippen molar-refractivity contribution in [3.63, 3.8) is 0 Å². The molecule has 1 atom stereocenters. The highest BCUT2D eigenvalue weighted by Gasteiger charge is 2.16. The van der Waals surface area contributed by atoms with E-state index in [2.05, 4.69) is 19.6 Å². The molecule has 1 aliphatic rings. The maximum atomic E-state index is 15.0. The minimum atomic E-state index is -0.834. The van der Waals surface area contributed by atoms with Gasteiger partial charge in [0.2, 0.25) is 0 Å². The first kappa shape index (κ1) is 24.1. The number of hydrogen-bond acceptors (Lipinski definition) is 0. The van der Waals surface area contributed by atoms with E-state index in [-0.39, 0.29) is 11.4 Å². The van der Waals surface area contributed by atoms with Crippen molar-refractivity contribution in [3.8, 4) is 22.3 Å². The van der Waals surface area contributed by atoms with Crippen LogP contribution in [-0.4, -0.2) is 0 Å². The van der Waals surface area contributed by atoms with Gasteiger partial charge in [0.15, 0.2) is 11.6 Å². The lowest BCUT2D eigenvalue weighted by molar-refractivity contribution is 0.499. The molecule has 3 heteroatoms. The van der Waals surface area contributed by atoms with Crippen LogP contribution in [0.4, 0.5) is 13.2 Å². The smallest absolute Gasteiger partial charge is 0.166 e. The zero-order chi connectivity index (χ0) is 24.1. The molecule has 34 heavy (non-hydrogen) atoms. The molecule has 0 N–H and O–H groups in total. The summed E-state index contributed by atoms with van der Waals surface area (Å²) in [6.45, 7) is 5.92. The van der Waals surface area contributed by atoms with Gasteiger partial charge in [0.1, 0.15) is 5.82 Å². The van der Waals surface area contributed by atoms with Crippen molar-refractivity contribution in [2.45, 2.75) is 51.9 Å². The van der Waals surface area contributed by atoms with E-state index in [0.29, 0.717) is 34.6 Å². The Balaban J connectivity index is 1.52. The third-order valence-corrected chi connectivity index (χ3v) is 6.79. The first-order valence-electron chi connectivity index (χ1n) is 12.2. The van der Waals surface area contributed by atoms with Gasteiger partial charge >= 0.3 is 0 Å². The highest BCUT2D eigenvalue weighted by molar-refractivity contribution is 5.74. The topological polar surface area (TPSA) is 0 Å². The van der Waals surface area contributed by atoms with Crippen molar-refractivity contribution in [1.29, 1.82) is 0 Å². The molecular formula is C31H31F3. The standard InChI is InChI=1S/C31H31F3/c1-3-4-5-6-7-25-16-19-28(31(34)30(25)33)24-14-12-23(13-15-24)27-18-17-26(20-29(27)32)22-10-8-21(2)9-11-22/h3,10,12-21H,1,4-9,11H2,2H3. The molecule has 0 amide bonds. The Morgan fingerprint density at radius 2 is 1.53 bits per heavy atom. The molecule has 3 aromatic rings. The van der Waals surface area contributed by atoms with Crippen LogP contribution in [-0.2, 0) is 6.42 Å². The summed E-state index contributed by atoms with van der Waals surface area (Å²) in [7, 11) is 0. The van der Waals surface area contributed by atoms with Crippen molar-refractivity contribution in [2.24, 2.45) is 5.92 Å². The summed E-state index contributed by atoms with van der Waals surface area (Å²) in [6.07, 6.45) is 10.3. The van der Waals surface area contributed by atoms with E-state index in [9.17, 15) is 13.2 Å². The molecule has 0 aromatic heterocycles. The van der Waals surface area contributed by atoms with Gasteiger partial charge in [-0.1, -0.05) is 67.6 Å². The number of hydrogen-bond donors (Lipinski definition) is 0. The number of aryl methyl sites for hydroxylation is 1. The van der Waals surface area contributed by atoms with Crippen LogP contribution in [0, 0.1) is 23.4 Å². The lowest BCUT2D eigenvalue weighted by Crippen LogP contribution is -2.01. The SMILES string of the molecule is C=CCCCCc1ccc(-c2ccc(-c3ccc(C4=CCC(C)CC4)cc3F)cc2)c(F)c1F. The summed E-state index contributed by atoms with van der Waals surface area (Å²) in [5.74, 6) is -1.21. The Hall–Kier alpha value is -3.07. The average Bonchev–Trinajstić information content (AvgIpc) is 2.85. The first-order chi connectivity index (χ1) is 16.5. The van der Waals surface area contributed by atoms with E-state index >= 15 is 0 Å². The fourth-order valence-corrected chi connectivity index (χ4v) is 4.62. The summed E-state index contributed by atoms with van der Waals surface area (Å²) in [5.41, 5.74) is 4.53. The van der Waals surface area contributed by atoms with Gasteiger partial charge in [0.25, 0.3) is 0 Å². The Morgan fingerprint density at radius 1 is 0.853 bits per heavy atom. The van der Waals surface area contributed by atoms with E-state index in [1.54, 1.807) is 48.5 Å². The lowest BCUT2D eigenvalue weighted by atomic mass is 9.87. The molecule has 1 unspecified atom stereocenters. The van der Waals surface area contributed by atoms with Crippen LogP contribution in [0.2, 0.25) is 0 Å². The second-order valence-corrected chi connectivity index (χ2v) is 9.32. The van der Waals surface area contributed by atoms with Crippen molar-refractivity contribution in [2.75, 3.05) is 0 Å². The Labute approximate surface area is 200 Å². The van der Waals surface area contributed by atoms with E-state index in [0.717, 1.165) is 44.1 Å². The highest BCUT2D eigenvalue weighted by Crippen LogP contribution is 2.34. The van der Waals surface area contributed by atoms with Crippen LogP contribution >= 0.6 is 0 Å². The molecule has 3 aromatic carbocycles. The average molecular weight is 461 g/mol. The van der Waals surface area contributed by atoms with Crippen molar-refractivity contribution < 1.29 is 13.2 Å². The van der Waals surface area contributed by atoms with Crippen LogP contribution in [0.25, 0.3) is 27.8 Å². The number of unbranched alkanes of at least 4 members (excludes halogenated alkanes) is 2. The molecule has 176 valence electrons. The number of rotatable bonds is 8. The molecule has 4 rings (SSSR count). The Kier molecular flexibility index (Phi) is 7.72. The minimum Gasteiger partial charge on any atom is -0.206 e. The molecule has 1 aliphatic carbocycles. The molecule has 0 spiro atoms. The van der Waals surface area contributed by atoms with Gasteiger partial charge in [-0.05, 0) is 84.8 Å². The van der Waals surface area contributed by atoms with Gasteiger partial charge in [-0.3, -0.25) is 0 Å². The third-order valence-electron chi connectivity index (χ3n) is 6.79. The highest BCUT2D eigenvalue weighted by atomic mass is 19.2. The Morgan fingerprint density at radius 3 is 2.18 bits per heavy atom. The van der Waals surface area contributed by atoms with Crippen molar-refractivity contribution >= 4 is 5.57 Å². The van der Waals surface area contributed by atoms with Gasteiger partial charge in [-0.25, -0.2) is 13.2 Å². The van der Waals surface area contributed by atoms with E-state index in [1.165, 1.54) is 5.57 Å². The number of halogens is 3. The summed E-state index contributed by atoms with van der Waals surface area (Å²) in [5, 5.41) is 0. The minimum absolute atomic E-state index is 0.216. The molecule has 0 radical (unpaired) electrons. The monoisotopic (exact) mass is 460 g/mol. The normalized spacial score (nSPS) is 15.8. The van der Waals surface area contributed by atoms with Gasteiger partial charge in [0, 0.05) is 11.1 Å². The largest absolute Gasteiger partial charge is 0.206 e. The molecule has 0 saturated heterocycles.